The van der Waals surface area contributed by atoms with Crippen LogP contribution in [-0.4, -0.2) is 37.9 Å². The van der Waals surface area contributed by atoms with Crippen molar-refractivity contribution in [1.82, 2.24) is 0 Å². The molecule has 0 aromatic rings. The molecule has 0 N–H and O–H groups in total. The van der Waals surface area contributed by atoms with Gasteiger partial charge in [-0.15, -0.1) is 6.58 Å². The van der Waals surface area contributed by atoms with Gasteiger partial charge >= 0.3 is 5.97 Å². The first-order valence-corrected chi connectivity index (χ1v) is 14.5. The molecule has 1 aliphatic heterocycles. The van der Waals surface area contributed by atoms with Crippen molar-refractivity contribution in [2.75, 3.05) is 14.2 Å². The van der Waals surface area contributed by atoms with Crippen molar-refractivity contribution in [3.05, 3.63) is 58.6 Å². The summed E-state index contributed by atoms with van der Waals surface area (Å²) in [6.07, 6.45) is 5.36. The van der Waals surface area contributed by atoms with Crippen LogP contribution in [0, 0.1) is 23.2 Å². The molecule has 2 rings (SSSR count). The molecule has 1 fully saturated rings. The molecule has 6 nitrogen and oxygen atoms in total. The summed E-state index contributed by atoms with van der Waals surface area (Å²) in [5.41, 5.74) is 2.70. The van der Waals surface area contributed by atoms with E-state index in [2.05, 4.69) is 13.2 Å². The van der Waals surface area contributed by atoms with Crippen LogP contribution in [0.1, 0.15) is 93.4 Å². The fraction of sp³-hybridized carbons (Fsp3) is 0.618. The van der Waals surface area contributed by atoms with Crippen LogP contribution in [-0.2, 0) is 28.6 Å². The van der Waals surface area contributed by atoms with E-state index in [1.165, 1.54) is 14.2 Å². The fourth-order valence-corrected chi connectivity index (χ4v) is 5.86. The summed E-state index contributed by atoms with van der Waals surface area (Å²) in [7, 11) is 2.88. The maximum absolute atomic E-state index is 15.1. The van der Waals surface area contributed by atoms with E-state index in [9.17, 15) is 9.59 Å². The Morgan fingerprint density at radius 3 is 2.25 bits per heavy atom. The van der Waals surface area contributed by atoms with Crippen LogP contribution in [0.4, 0.5) is 0 Å². The lowest BCUT2D eigenvalue weighted by atomic mass is 9.61. The number of carbonyl (C=O) groups excluding carboxylic acids is 3. The molecule has 40 heavy (non-hydrogen) atoms. The van der Waals surface area contributed by atoms with Crippen LogP contribution in [0.5, 0.6) is 0 Å². The van der Waals surface area contributed by atoms with Gasteiger partial charge in [-0.05, 0) is 72.6 Å². The SMILES string of the molecule is C=C(C)CCC(CC1(CC=C(C)C)C(=O)C(C(CCC)CC(=O)OC)=C2OC(C)C(C)C(=O)C2=C1OC)C(=C)C. The van der Waals surface area contributed by atoms with Crippen LogP contribution in [0.2, 0.25) is 0 Å². The summed E-state index contributed by atoms with van der Waals surface area (Å²) in [6.45, 7) is 22.0. The Morgan fingerprint density at radius 2 is 1.75 bits per heavy atom. The van der Waals surface area contributed by atoms with E-state index in [1.54, 1.807) is 0 Å². The zero-order valence-corrected chi connectivity index (χ0v) is 26.2. The predicted octanol–water partition coefficient (Wildman–Crippen LogP) is 7.61. The van der Waals surface area contributed by atoms with Gasteiger partial charge in [0.1, 0.15) is 17.6 Å². The highest BCUT2D eigenvalue weighted by atomic mass is 16.5. The summed E-state index contributed by atoms with van der Waals surface area (Å²) in [5.74, 6) is -0.869. The highest BCUT2D eigenvalue weighted by molar-refractivity contribution is 6.12. The molecule has 0 saturated carbocycles. The smallest absolute Gasteiger partial charge is 0.306 e. The van der Waals surface area contributed by atoms with Gasteiger partial charge in [-0.3, -0.25) is 14.4 Å². The van der Waals surface area contributed by atoms with Crippen molar-refractivity contribution in [1.29, 1.82) is 0 Å². The first kappa shape index (κ1) is 33.3. The summed E-state index contributed by atoms with van der Waals surface area (Å²) >= 11 is 0. The molecule has 6 heteroatoms. The highest BCUT2D eigenvalue weighted by Gasteiger charge is 2.55. The second kappa shape index (κ2) is 14.1. The molecule has 0 spiro atoms. The van der Waals surface area contributed by atoms with Gasteiger partial charge in [-0.25, -0.2) is 0 Å². The Bertz CT molecular complexity index is 1120. The molecule has 5 atom stereocenters. The summed E-state index contributed by atoms with van der Waals surface area (Å²) < 4.78 is 17.5. The van der Waals surface area contributed by atoms with E-state index in [0.29, 0.717) is 36.2 Å². The van der Waals surface area contributed by atoms with Crippen molar-refractivity contribution < 1.29 is 28.6 Å². The molecular weight excluding hydrogens is 504 g/mol. The standard InChI is InChI=1S/C34H50O6/c1-12-13-25(18-27(35)38-10)28-31-29(30(36)23(8)24(9)40-31)33(39-11)34(32(28)37,17-16-21(4)5)19-26(22(6)7)15-14-20(2)3/h16,23-26H,2,6,12-15,17-19H2,1,3-5,7-11H3. The number of methoxy groups -OCH3 is 2. The summed E-state index contributed by atoms with van der Waals surface area (Å²) in [4.78, 5) is 41.7. The third-order valence-corrected chi connectivity index (χ3v) is 8.44. The fourth-order valence-electron chi connectivity index (χ4n) is 5.86. The number of fused-ring (bicyclic) bond motifs is 1. The third-order valence-electron chi connectivity index (χ3n) is 8.44. The third kappa shape index (κ3) is 7.05. The monoisotopic (exact) mass is 554 g/mol. The van der Waals surface area contributed by atoms with Gasteiger partial charge in [0.2, 0.25) is 0 Å². The number of rotatable bonds is 14. The van der Waals surface area contributed by atoms with E-state index < -0.39 is 29.3 Å². The molecule has 5 unspecified atom stereocenters. The molecule has 0 aromatic carbocycles. The van der Waals surface area contributed by atoms with E-state index >= 15 is 4.79 Å². The summed E-state index contributed by atoms with van der Waals surface area (Å²) in [5, 5.41) is 0. The average Bonchev–Trinajstić information content (AvgIpc) is 2.88. The van der Waals surface area contributed by atoms with Crippen LogP contribution in [0.25, 0.3) is 0 Å². The second-order valence-corrected chi connectivity index (χ2v) is 12.0. The van der Waals surface area contributed by atoms with Crippen molar-refractivity contribution in [3.8, 4) is 0 Å². The Hall–Kier alpha value is -2.89. The highest BCUT2D eigenvalue weighted by Crippen LogP contribution is 2.54. The summed E-state index contributed by atoms with van der Waals surface area (Å²) in [6, 6.07) is 0. The maximum atomic E-state index is 15.1. The number of allylic oxidation sites excluding steroid dienone is 7. The van der Waals surface area contributed by atoms with Crippen LogP contribution in [0.3, 0.4) is 0 Å². The molecule has 1 saturated heterocycles. The van der Waals surface area contributed by atoms with Crippen molar-refractivity contribution in [2.45, 2.75) is 99.5 Å². The quantitative estimate of drug-likeness (QED) is 0.162. The molecule has 2 aliphatic rings. The normalized spacial score (nSPS) is 24.1. The Balaban J connectivity index is 2.97. The van der Waals surface area contributed by atoms with E-state index in [-0.39, 0.29) is 29.7 Å². The predicted molar refractivity (Wildman–Crippen MR) is 159 cm³/mol. The zero-order valence-electron chi connectivity index (χ0n) is 26.2. The number of hydrogen-bond acceptors (Lipinski definition) is 6. The molecule has 222 valence electrons. The minimum atomic E-state index is -1.15. The van der Waals surface area contributed by atoms with Crippen LogP contribution < -0.4 is 0 Å². The lowest BCUT2D eigenvalue weighted by molar-refractivity contribution is -0.141. The number of esters is 1. The number of ether oxygens (including phenoxy) is 3. The van der Waals surface area contributed by atoms with Gasteiger partial charge in [0.25, 0.3) is 0 Å². The van der Waals surface area contributed by atoms with Gasteiger partial charge in [0.15, 0.2) is 11.6 Å². The zero-order chi connectivity index (χ0) is 30.4. The molecule has 0 bridgehead atoms. The molecule has 0 aromatic heterocycles. The van der Waals surface area contributed by atoms with E-state index in [1.807, 2.05) is 54.5 Å². The molecular formula is C34H50O6. The van der Waals surface area contributed by atoms with Gasteiger partial charge in [-0.2, -0.15) is 0 Å². The Morgan fingerprint density at radius 1 is 1.10 bits per heavy atom. The van der Waals surface area contributed by atoms with Gasteiger partial charge in [0, 0.05) is 11.5 Å². The molecule has 1 aliphatic carbocycles. The number of Topliss-reactive ketones (excluding diaryl/α,β-unsaturated/α-hetero) is 2. The van der Waals surface area contributed by atoms with Crippen molar-refractivity contribution in [3.63, 3.8) is 0 Å². The van der Waals surface area contributed by atoms with E-state index in [4.69, 9.17) is 14.2 Å². The minimum Gasteiger partial charge on any atom is -0.499 e. The van der Waals surface area contributed by atoms with E-state index in [0.717, 1.165) is 36.0 Å². The number of carbonyl (C=O) groups is 3. The lowest BCUT2D eigenvalue weighted by Crippen LogP contribution is -2.47. The number of ketones is 2. The molecule has 1 heterocycles. The Kier molecular flexibility index (Phi) is 11.8. The van der Waals surface area contributed by atoms with Gasteiger partial charge in [0.05, 0.1) is 37.5 Å². The topological polar surface area (TPSA) is 78.9 Å². The minimum absolute atomic E-state index is 0.0130. The molecule has 0 amide bonds. The van der Waals surface area contributed by atoms with Crippen molar-refractivity contribution in [2.24, 2.45) is 23.2 Å². The first-order valence-electron chi connectivity index (χ1n) is 14.5. The first-order chi connectivity index (χ1) is 18.7. The Labute approximate surface area is 241 Å². The van der Waals surface area contributed by atoms with Crippen LogP contribution >= 0.6 is 0 Å². The van der Waals surface area contributed by atoms with Crippen molar-refractivity contribution >= 4 is 17.5 Å². The van der Waals surface area contributed by atoms with Gasteiger partial charge < -0.3 is 14.2 Å². The molecule has 0 radical (unpaired) electrons. The largest absolute Gasteiger partial charge is 0.499 e. The number of hydrogen-bond donors (Lipinski definition) is 0. The second-order valence-electron chi connectivity index (χ2n) is 12.0. The lowest BCUT2D eigenvalue weighted by Gasteiger charge is -2.45. The van der Waals surface area contributed by atoms with Crippen LogP contribution in [0.15, 0.2) is 58.6 Å². The maximum Gasteiger partial charge on any atom is 0.306 e. The average molecular weight is 555 g/mol. The van der Waals surface area contributed by atoms with Gasteiger partial charge in [-0.1, -0.05) is 49.6 Å².